The molecule has 0 aromatic heterocycles. The highest BCUT2D eigenvalue weighted by atomic mass is 31.0. The highest BCUT2D eigenvalue weighted by molar-refractivity contribution is 7.18. The van der Waals surface area contributed by atoms with E-state index in [1.54, 1.807) is 0 Å². The first-order valence-electron chi connectivity index (χ1n) is 2.54. The predicted octanol–water partition coefficient (Wildman–Crippen LogP) is 2.69. The van der Waals surface area contributed by atoms with Gasteiger partial charge in [0, 0.05) is 0 Å². The topological polar surface area (TPSA) is 0 Å². The summed E-state index contributed by atoms with van der Waals surface area (Å²) in [4.78, 5) is 0. The first kappa shape index (κ1) is 11.9. The summed E-state index contributed by atoms with van der Waals surface area (Å²) in [7, 11) is 0.247. The van der Waals surface area contributed by atoms with E-state index in [4.69, 9.17) is 0 Å². The summed E-state index contributed by atoms with van der Waals surface area (Å²) in [6.45, 7) is -2.83. The molecule has 0 saturated heterocycles. The van der Waals surface area contributed by atoms with Gasteiger partial charge in [0.15, 0.2) is 6.67 Å². The van der Waals surface area contributed by atoms with Gasteiger partial charge in [-0.05, 0) is 0 Å². The monoisotopic (exact) mass is 216 g/mol. The molecule has 1 unspecified atom stereocenters. The molecular formula is C4H4F7P. The lowest BCUT2D eigenvalue weighted by Crippen LogP contribution is -2.52. The van der Waals surface area contributed by atoms with E-state index in [0.717, 1.165) is 0 Å². The van der Waals surface area contributed by atoms with E-state index in [0.29, 0.717) is 0 Å². The van der Waals surface area contributed by atoms with E-state index in [-0.39, 0.29) is 9.24 Å². The summed E-state index contributed by atoms with van der Waals surface area (Å²) in [5.74, 6) is -11.0. The van der Waals surface area contributed by atoms with Crippen molar-refractivity contribution < 1.29 is 30.7 Å². The second kappa shape index (κ2) is 3.01. The van der Waals surface area contributed by atoms with E-state index in [2.05, 4.69) is 0 Å². The van der Waals surface area contributed by atoms with Gasteiger partial charge in [0.05, 0.1) is 0 Å². The largest absolute Gasteiger partial charge is 0.377 e. The molecule has 0 radical (unpaired) electrons. The van der Waals surface area contributed by atoms with Gasteiger partial charge in [-0.15, -0.1) is 0 Å². The molecule has 0 rings (SSSR count). The molecule has 1 atom stereocenters. The van der Waals surface area contributed by atoms with Crippen LogP contribution in [0.1, 0.15) is 0 Å². The van der Waals surface area contributed by atoms with Crippen LogP contribution in [0.15, 0.2) is 0 Å². The maximum absolute atomic E-state index is 11.9. The van der Waals surface area contributed by atoms with E-state index >= 15 is 0 Å². The fourth-order valence-electron chi connectivity index (χ4n) is 0.328. The lowest BCUT2D eigenvalue weighted by Gasteiger charge is -2.28. The molecule has 0 nitrogen and oxygen atoms in total. The van der Waals surface area contributed by atoms with Gasteiger partial charge in [-0.1, -0.05) is 9.24 Å². The minimum absolute atomic E-state index is 0.247. The molecule has 74 valence electrons. The Morgan fingerprint density at radius 3 is 1.33 bits per heavy atom. The molecule has 0 spiro atoms. The van der Waals surface area contributed by atoms with Crippen molar-refractivity contribution in [3.05, 3.63) is 0 Å². The first-order valence-corrected chi connectivity index (χ1v) is 3.12. The smallest absolute Gasteiger partial charge is 0.244 e. The van der Waals surface area contributed by atoms with Crippen LogP contribution in [0.5, 0.6) is 0 Å². The normalized spacial score (nSPS) is 15.0. The Kier molecular flexibility index (Phi) is 3.00. The van der Waals surface area contributed by atoms with Crippen LogP contribution in [-0.4, -0.2) is 24.2 Å². The fraction of sp³-hybridized carbons (Fsp3) is 1.00. The van der Waals surface area contributed by atoms with Crippen LogP contribution in [0.2, 0.25) is 0 Å². The van der Waals surface area contributed by atoms with Crippen molar-refractivity contribution in [2.24, 2.45) is 0 Å². The van der Waals surface area contributed by atoms with Crippen molar-refractivity contribution >= 4 is 9.24 Å². The van der Waals surface area contributed by atoms with Crippen molar-refractivity contribution in [2.75, 3.05) is 6.67 Å². The quantitative estimate of drug-likeness (QED) is 0.502. The number of hydrogen-bond donors (Lipinski definition) is 0. The summed E-state index contributed by atoms with van der Waals surface area (Å²) in [5.41, 5.74) is -5.03. The van der Waals surface area contributed by atoms with Crippen LogP contribution in [0.25, 0.3) is 0 Å². The summed E-state index contributed by atoms with van der Waals surface area (Å²) in [6, 6.07) is 0. The molecular weight excluding hydrogens is 212 g/mol. The SMILES string of the molecule is FCC(F)(F)C(F)(F)C(F)(F)P. The summed E-state index contributed by atoms with van der Waals surface area (Å²) < 4.78 is 82.2. The number of rotatable bonds is 3. The zero-order chi connectivity index (χ0) is 10.2. The number of halogens is 7. The van der Waals surface area contributed by atoms with Crippen molar-refractivity contribution in [1.29, 1.82) is 0 Å². The van der Waals surface area contributed by atoms with Crippen LogP contribution in [0.4, 0.5) is 30.7 Å². The van der Waals surface area contributed by atoms with Crippen molar-refractivity contribution in [1.82, 2.24) is 0 Å². The molecule has 0 amide bonds. The molecule has 0 N–H and O–H groups in total. The van der Waals surface area contributed by atoms with E-state index in [1.807, 2.05) is 0 Å². The van der Waals surface area contributed by atoms with Crippen molar-refractivity contribution in [3.63, 3.8) is 0 Å². The molecule has 8 heteroatoms. The third kappa shape index (κ3) is 1.81. The van der Waals surface area contributed by atoms with Crippen molar-refractivity contribution in [2.45, 2.75) is 17.5 Å². The average Bonchev–Trinajstić information content (AvgIpc) is 1.85. The van der Waals surface area contributed by atoms with Gasteiger partial charge < -0.3 is 0 Å². The molecule has 0 bridgehead atoms. The second-order valence-electron chi connectivity index (χ2n) is 2.04. The van der Waals surface area contributed by atoms with Gasteiger partial charge in [0.25, 0.3) is 0 Å². The fourth-order valence-corrected chi connectivity index (χ4v) is 0.539. The van der Waals surface area contributed by atoms with Gasteiger partial charge in [0.2, 0.25) is 0 Å². The number of alkyl halides is 7. The molecule has 0 aliphatic rings. The Hall–Kier alpha value is -0.0600. The third-order valence-electron chi connectivity index (χ3n) is 1.05. The lowest BCUT2D eigenvalue weighted by atomic mass is 10.2. The Morgan fingerprint density at radius 1 is 0.917 bits per heavy atom. The summed E-state index contributed by atoms with van der Waals surface area (Å²) >= 11 is 0. The minimum atomic E-state index is -5.70. The molecule has 0 aromatic rings. The maximum atomic E-state index is 11.9. The molecule has 0 heterocycles. The first-order chi connectivity index (χ1) is 5.06. The summed E-state index contributed by atoms with van der Waals surface area (Å²) in [6.07, 6.45) is 0. The van der Waals surface area contributed by atoms with Crippen LogP contribution >= 0.6 is 9.24 Å². The van der Waals surface area contributed by atoms with E-state index < -0.39 is 24.2 Å². The van der Waals surface area contributed by atoms with Gasteiger partial charge in [-0.3, -0.25) is 0 Å². The molecule has 0 saturated carbocycles. The third-order valence-corrected chi connectivity index (χ3v) is 1.41. The Bertz CT molecular complexity index is 159. The highest BCUT2D eigenvalue weighted by Crippen LogP contribution is 2.48. The average molecular weight is 216 g/mol. The minimum Gasteiger partial charge on any atom is -0.244 e. The van der Waals surface area contributed by atoms with Gasteiger partial charge in [-0.25, -0.2) is 4.39 Å². The van der Waals surface area contributed by atoms with E-state index in [1.165, 1.54) is 0 Å². The molecule has 12 heavy (non-hydrogen) atoms. The van der Waals surface area contributed by atoms with Crippen LogP contribution < -0.4 is 0 Å². The molecule has 0 fully saturated rings. The van der Waals surface area contributed by atoms with Crippen LogP contribution in [0, 0.1) is 0 Å². The maximum Gasteiger partial charge on any atom is 0.377 e. The highest BCUT2D eigenvalue weighted by Gasteiger charge is 2.69. The zero-order valence-electron chi connectivity index (χ0n) is 5.43. The lowest BCUT2D eigenvalue weighted by molar-refractivity contribution is -0.280. The van der Waals surface area contributed by atoms with Gasteiger partial charge >= 0.3 is 17.5 Å². The van der Waals surface area contributed by atoms with Crippen LogP contribution in [-0.2, 0) is 0 Å². The van der Waals surface area contributed by atoms with Crippen molar-refractivity contribution in [3.8, 4) is 0 Å². The zero-order valence-corrected chi connectivity index (χ0v) is 6.58. The van der Waals surface area contributed by atoms with E-state index in [9.17, 15) is 30.7 Å². The predicted molar refractivity (Wildman–Crippen MR) is 30.5 cm³/mol. The number of hydrogen-bond acceptors (Lipinski definition) is 0. The Morgan fingerprint density at radius 2 is 1.25 bits per heavy atom. The molecule has 0 aromatic carbocycles. The standard InChI is InChI=1S/C4H4F7P/c5-1-2(6,7)3(8,9)4(10,11)12/h1,12H2. The second-order valence-corrected chi connectivity index (χ2v) is 2.76. The van der Waals surface area contributed by atoms with Crippen LogP contribution in [0.3, 0.4) is 0 Å². The molecule has 0 aliphatic heterocycles. The van der Waals surface area contributed by atoms with Gasteiger partial charge in [-0.2, -0.15) is 26.3 Å². The summed E-state index contributed by atoms with van der Waals surface area (Å²) in [5, 5.41) is 0. The Balaban J connectivity index is 4.85. The molecule has 0 aliphatic carbocycles. The van der Waals surface area contributed by atoms with Gasteiger partial charge in [0.1, 0.15) is 0 Å². The Labute approximate surface area is 65.3 Å².